The van der Waals surface area contributed by atoms with Gasteiger partial charge in [-0.05, 0) is 12.1 Å². The molecule has 8 nitrogen and oxygen atoms in total. The van der Waals surface area contributed by atoms with Crippen molar-refractivity contribution in [3.63, 3.8) is 0 Å². The third-order valence-corrected chi connectivity index (χ3v) is 3.11. The van der Waals surface area contributed by atoms with E-state index >= 15 is 0 Å². The number of benzene rings is 1. The lowest BCUT2D eigenvalue weighted by atomic mass is 10.2. The Balaban J connectivity index is 1.97. The average Bonchev–Trinajstić information content (AvgIpc) is 2.62. The molecule has 0 atom stereocenters. The molecule has 0 radical (unpaired) electrons. The van der Waals surface area contributed by atoms with Gasteiger partial charge >= 0.3 is 0 Å². The number of nitrogens with two attached hydrogens (primary N) is 2. The van der Waals surface area contributed by atoms with Gasteiger partial charge in [0.05, 0.1) is 17.6 Å². The molecule has 0 unspecified atom stereocenters. The molecule has 1 amide bonds. The molecule has 0 saturated heterocycles. The number of amides is 1. The number of hydrogen-bond acceptors (Lipinski definition) is 7. The van der Waals surface area contributed by atoms with Crippen LogP contribution in [0.4, 0.5) is 11.5 Å². The minimum absolute atomic E-state index is 0.00183. The van der Waals surface area contributed by atoms with Gasteiger partial charge in [0.25, 0.3) is 5.91 Å². The smallest absolute Gasteiger partial charge is 0.294 e. The zero-order chi connectivity index (χ0) is 16.2. The molecule has 3 aromatic rings. The first kappa shape index (κ1) is 14.5. The number of carbonyl (C=O) groups excluding carboxylic acids is 1. The molecule has 0 saturated carbocycles. The van der Waals surface area contributed by atoms with Crippen molar-refractivity contribution in [3.8, 4) is 11.3 Å². The number of nitrogens with zero attached hydrogens (tertiary/aromatic N) is 5. The van der Waals surface area contributed by atoms with Gasteiger partial charge in [-0.2, -0.15) is 0 Å². The van der Waals surface area contributed by atoms with E-state index in [4.69, 9.17) is 11.6 Å². The molecule has 8 heteroatoms. The molecular formula is C15H13N7O. The van der Waals surface area contributed by atoms with E-state index in [1.807, 2.05) is 6.07 Å². The van der Waals surface area contributed by atoms with E-state index in [0.29, 0.717) is 16.9 Å². The lowest BCUT2D eigenvalue weighted by Crippen LogP contribution is -2.38. The summed E-state index contributed by atoms with van der Waals surface area (Å²) in [6.45, 7) is 0. The molecule has 0 fully saturated rings. The summed E-state index contributed by atoms with van der Waals surface area (Å²) in [5, 5.41) is 0.978. The first-order valence-corrected chi connectivity index (χ1v) is 6.69. The van der Waals surface area contributed by atoms with E-state index in [0.717, 1.165) is 5.01 Å². The summed E-state index contributed by atoms with van der Waals surface area (Å²) in [6, 6.07) is 8.78. The molecule has 2 heterocycles. The third-order valence-electron chi connectivity index (χ3n) is 3.11. The van der Waals surface area contributed by atoms with Crippen molar-refractivity contribution in [2.45, 2.75) is 0 Å². The van der Waals surface area contributed by atoms with Gasteiger partial charge in [0.15, 0.2) is 11.5 Å². The van der Waals surface area contributed by atoms with Crippen molar-refractivity contribution in [2.24, 2.45) is 5.84 Å². The van der Waals surface area contributed by atoms with Crippen LogP contribution in [0.3, 0.4) is 0 Å². The number of hydrogen-bond donors (Lipinski definition) is 2. The third kappa shape index (κ3) is 2.97. The molecule has 3 rings (SSSR count). The Bertz CT molecular complexity index is 824. The molecule has 2 aromatic heterocycles. The molecule has 23 heavy (non-hydrogen) atoms. The number of aromatic nitrogens is 4. The maximum Gasteiger partial charge on any atom is 0.294 e. The minimum Gasteiger partial charge on any atom is -0.382 e. The number of anilines is 2. The molecule has 0 aliphatic carbocycles. The van der Waals surface area contributed by atoms with Crippen LogP contribution in [0.1, 0.15) is 10.5 Å². The van der Waals surface area contributed by atoms with Crippen LogP contribution in [-0.2, 0) is 0 Å². The van der Waals surface area contributed by atoms with E-state index in [-0.39, 0.29) is 11.5 Å². The fourth-order valence-corrected chi connectivity index (χ4v) is 1.95. The highest BCUT2D eigenvalue weighted by atomic mass is 16.2. The Morgan fingerprint density at radius 3 is 2.43 bits per heavy atom. The van der Waals surface area contributed by atoms with Crippen molar-refractivity contribution >= 4 is 17.4 Å². The highest BCUT2D eigenvalue weighted by Crippen LogP contribution is 2.19. The van der Waals surface area contributed by atoms with Gasteiger partial charge < -0.3 is 5.73 Å². The van der Waals surface area contributed by atoms with E-state index in [9.17, 15) is 4.79 Å². The molecule has 0 aliphatic heterocycles. The van der Waals surface area contributed by atoms with Crippen LogP contribution in [0.25, 0.3) is 11.3 Å². The maximum absolute atomic E-state index is 12.5. The Morgan fingerprint density at radius 1 is 1.04 bits per heavy atom. The predicted molar refractivity (Wildman–Crippen MR) is 84.9 cm³/mol. The van der Waals surface area contributed by atoms with Crippen molar-refractivity contribution in [3.05, 3.63) is 60.9 Å². The molecular weight excluding hydrogens is 294 g/mol. The standard InChI is InChI=1S/C15H13N7O/c16-14-13(15(23)22(17)11-4-2-1-3-5-11)21-12(8-20-14)10-6-18-9-19-7-10/h1-9H,17H2,(H2,16,20). The van der Waals surface area contributed by atoms with Gasteiger partial charge in [-0.1, -0.05) is 18.2 Å². The first-order chi connectivity index (χ1) is 11.2. The summed E-state index contributed by atoms with van der Waals surface area (Å²) < 4.78 is 0. The molecule has 0 bridgehead atoms. The van der Waals surface area contributed by atoms with E-state index in [1.54, 1.807) is 36.7 Å². The summed E-state index contributed by atoms with van der Waals surface area (Å²) in [5.41, 5.74) is 7.32. The summed E-state index contributed by atoms with van der Waals surface area (Å²) in [5.74, 6) is 5.31. The Morgan fingerprint density at radius 2 is 1.74 bits per heavy atom. The number of carbonyl (C=O) groups is 1. The largest absolute Gasteiger partial charge is 0.382 e. The van der Waals surface area contributed by atoms with Gasteiger partial charge in [0.1, 0.15) is 6.33 Å². The maximum atomic E-state index is 12.5. The second-order valence-corrected chi connectivity index (χ2v) is 4.63. The monoisotopic (exact) mass is 307 g/mol. The lowest BCUT2D eigenvalue weighted by Gasteiger charge is -2.17. The van der Waals surface area contributed by atoms with Crippen molar-refractivity contribution in [2.75, 3.05) is 10.7 Å². The SMILES string of the molecule is Nc1ncc(-c2cncnc2)nc1C(=O)N(N)c1ccccc1. The van der Waals surface area contributed by atoms with E-state index < -0.39 is 5.91 Å². The zero-order valence-corrected chi connectivity index (χ0v) is 12.0. The summed E-state index contributed by atoms with van der Waals surface area (Å²) in [6.07, 6.45) is 5.99. The van der Waals surface area contributed by atoms with Gasteiger partial charge in [-0.15, -0.1) is 0 Å². The zero-order valence-electron chi connectivity index (χ0n) is 12.0. The van der Waals surface area contributed by atoms with Crippen LogP contribution in [0.2, 0.25) is 0 Å². The van der Waals surface area contributed by atoms with Gasteiger partial charge in [0, 0.05) is 18.0 Å². The lowest BCUT2D eigenvalue weighted by molar-refractivity contribution is 0.0983. The molecule has 114 valence electrons. The summed E-state index contributed by atoms with van der Waals surface area (Å²) in [4.78, 5) is 28.6. The van der Waals surface area contributed by atoms with Crippen LogP contribution in [0.15, 0.2) is 55.2 Å². The topological polar surface area (TPSA) is 124 Å². The predicted octanol–water partition coefficient (Wildman–Crippen LogP) is 1.04. The molecule has 0 spiro atoms. The normalized spacial score (nSPS) is 10.3. The van der Waals surface area contributed by atoms with Crippen molar-refractivity contribution in [1.82, 2.24) is 19.9 Å². The highest BCUT2D eigenvalue weighted by molar-refractivity contribution is 6.06. The fraction of sp³-hybridized carbons (Fsp3) is 0. The first-order valence-electron chi connectivity index (χ1n) is 6.69. The van der Waals surface area contributed by atoms with Crippen LogP contribution in [0, 0.1) is 0 Å². The van der Waals surface area contributed by atoms with Crippen LogP contribution < -0.4 is 16.6 Å². The van der Waals surface area contributed by atoms with Crippen LogP contribution >= 0.6 is 0 Å². The van der Waals surface area contributed by atoms with E-state index in [2.05, 4.69) is 19.9 Å². The van der Waals surface area contributed by atoms with Crippen LogP contribution in [-0.4, -0.2) is 25.8 Å². The number of nitrogen functional groups attached to an aromatic ring is 1. The van der Waals surface area contributed by atoms with Gasteiger partial charge in [-0.25, -0.2) is 30.8 Å². The molecule has 4 N–H and O–H groups in total. The second kappa shape index (κ2) is 6.16. The Kier molecular flexibility index (Phi) is 3.89. The Hall–Kier alpha value is -3.39. The molecule has 1 aromatic carbocycles. The van der Waals surface area contributed by atoms with Crippen LogP contribution in [0.5, 0.6) is 0 Å². The van der Waals surface area contributed by atoms with Crippen molar-refractivity contribution in [1.29, 1.82) is 0 Å². The minimum atomic E-state index is -0.556. The average molecular weight is 307 g/mol. The second-order valence-electron chi connectivity index (χ2n) is 4.63. The highest BCUT2D eigenvalue weighted by Gasteiger charge is 2.20. The fourth-order valence-electron chi connectivity index (χ4n) is 1.95. The summed E-state index contributed by atoms with van der Waals surface area (Å²) >= 11 is 0. The number of rotatable bonds is 3. The molecule has 0 aliphatic rings. The van der Waals surface area contributed by atoms with Gasteiger partial charge in [0.2, 0.25) is 0 Å². The Labute approximate surface area is 131 Å². The number of para-hydroxylation sites is 1. The number of hydrazine groups is 1. The van der Waals surface area contributed by atoms with Gasteiger partial charge in [-0.3, -0.25) is 4.79 Å². The van der Waals surface area contributed by atoms with Crippen molar-refractivity contribution < 1.29 is 4.79 Å². The summed E-state index contributed by atoms with van der Waals surface area (Å²) in [7, 11) is 0. The quantitative estimate of drug-likeness (QED) is 0.421. The van der Waals surface area contributed by atoms with E-state index in [1.165, 1.54) is 12.5 Å².